The van der Waals surface area contributed by atoms with Crippen LogP contribution >= 0.6 is 0 Å². The minimum absolute atomic E-state index is 0.0873. The Bertz CT molecular complexity index is 566. The molecule has 0 saturated heterocycles. The van der Waals surface area contributed by atoms with E-state index in [2.05, 4.69) is 5.10 Å². The normalized spacial score (nSPS) is 17.4. The first-order valence-corrected chi connectivity index (χ1v) is 6.74. The molecule has 112 valence electrons. The topological polar surface area (TPSA) is 68.2 Å². The summed E-state index contributed by atoms with van der Waals surface area (Å²) >= 11 is 0. The summed E-state index contributed by atoms with van der Waals surface area (Å²) < 4.78 is 9.69. The Kier molecular flexibility index (Phi) is 4.57. The fourth-order valence-electron chi connectivity index (χ4n) is 2.10. The number of carbonyl (C=O) groups is 2. The first-order valence-electron chi connectivity index (χ1n) is 6.74. The van der Waals surface area contributed by atoms with Crippen molar-refractivity contribution in [2.24, 2.45) is 11.0 Å². The molecule has 0 saturated carbocycles. The van der Waals surface area contributed by atoms with Crippen molar-refractivity contribution in [2.45, 2.75) is 13.8 Å². The van der Waals surface area contributed by atoms with Gasteiger partial charge >= 0.3 is 11.9 Å². The van der Waals surface area contributed by atoms with Crippen LogP contribution in [0.25, 0.3) is 0 Å². The molecule has 2 rings (SSSR count). The molecule has 0 aromatic heterocycles. The van der Waals surface area contributed by atoms with E-state index in [-0.39, 0.29) is 18.9 Å². The third kappa shape index (κ3) is 3.21. The average Bonchev–Trinajstić information content (AvgIpc) is 2.92. The molecule has 0 fully saturated rings. The number of esters is 2. The lowest BCUT2D eigenvalue weighted by molar-refractivity contribution is -0.144. The zero-order valence-corrected chi connectivity index (χ0v) is 12.3. The van der Waals surface area contributed by atoms with Gasteiger partial charge in [-0.15, -0.1) is 0 Å². The molecular weight excluding hydrogens is 272 g/mol. The van der Waals surface area contributed by atoms with Crippen LogP contribution in [0.1, 0.15) is 12.5 Å². The van der Waals surface area contributed by atoms with Gasteiger partial charge in [0.15, 0.2) is 5.71 Å². The van der Waals surface area contributed by atoms with Gasteiger partial charge < -0.3 is 9.47 Å². The van der Waals surface area contributed by atoms with E-state index in [1.807, 2.05) is 31.2 Å². The molecule has 0 amide bonds. The molecule has 6 nitrogen and oxygen atoms in total. The van der Waals surface area contributed by atoms with Crippen molar-refractivity contribution in [3.63, 3.8) is 0 Å². The molecule has 1 aliphatic rings. The SMILES string of the molecule is CCOC(=O)C1=NN(c2ccc(C)cc2)C[C@H]1C(=O)OC. The van der Waals surface area contributed by atoms with Crippen LogP contribution in [-0.2, 0) is 19.1 Å². The third-order valence-electron chi connectivity index (χ3n) is 3.22. The molecule has 0 aliphatic carbocycles. The van der Waals surface area contributed by atoms with E-state index in [1.54, 1.807) is 11.9 Å². The van der Waals surface area contributed by atoms with Crippen molar-refractivity contribution in [3.05, 3.63) is 29.8 Å². The summed E-state index contributed by atoms with van der Waals surface area (Å²) in [7, 11) is 1.29. The molecular formula is C15H18N2O4. The standard InChI is InChI=1S/C15H18N2O4/c1-4-21-15(19)13-12(14(18)20-3)9-17(16-13)11-7-5-10(2)6-8-11/h5-8,12H,4,9H2,1-3H3/t12-/m1/s1. The van der Waals surface area contributed by atoms with Crippen molar-refractivity contribution in [1.82, 2.24) is 0 Å². The lowest BCUT2D eigenvalue weighted by Crippen LogP contribution is -2.32. The molecule has 1 aliphatic heterocycles. The lowest BCUT2D eigenvalue weighted by atomic mass is 10.0. The van der Waals surface area contributed by atoms with Gasteiger partial charge in [0.1, 0.15) is 5.92 Å². The van der Waals surface area contributed by atoms with Crippen LogP contribution in [0.5, 0.6) is 0 Å². The molecule has 1 aromatic carbocycles. The average molecular weight is 290 g/mol. The van der Waals surface area contributed by atoms with E-state index in [9.17, 15) is 9.59 Å². The van der Waals surface area contributed by atoms with E-state index in [4.69, 9.17) is 9.47 Å². The Labute approximate surface area is 123 Å². The van der Waals surface area contributed by atoms with Crippen LogP contribution in [0, 0.1) is 12.8 Å². The molecule has 0 N–H and O–H groups in total. The number of nitrogens with zero attached hydrogens (tertiary/aromatic N) is 2. The largest absolute Gasteiger partial charge is 0.468 e. The fourth-order valence-corrected chi connectivity index (χ4v) is 2.10. The van der Waals surface area contributed by atoms with Crippen molar-refractivity contribution < 1.29 is 19.1 Å². The Morgan fingerprint density at radius 3 is 2.57 bits per heavy atom. The summed E-state index contributed by atoms with van der Waals surface area (Å²) in [5.41, 5.74) is 2.02. The number of benzene rings is 1. The van der Waals surface area contributed by atoms with Gasteiger partial charge in [-0.1, -0.05) is 17.7 Å². The minimum atomic E-state index is -0.727. The quantitative estimate of drug-likeness (QED) is 0.786. The van der Waals surface area contributed by atoms with E-state index in [0.717, 1.165) is 11.3 Å². The first-order chi connectivity index (χ1) is 10.1. The molecule has 1 aromatic rings. The number of rotatable bonds is 4. The Morgan fingerprint density at radius 2 is 2.00 bits per heavy atom. The Hall–Kier alpha value is -2.37. The van der Waals surface area contributed by atoms with E-state index < -0.39 is 17.9 Å². The minimum Gasteiger partial charge on any atom is -0.468 e. The summed E-state index contributed by atoms with van der Waals surface area (Å²) in [6, 6.07) is 7.67. The summed E-state index contributed by atoms with van der Waals surface area (Å²) in [6.45, 7) is 4.19. The van der Waals surface area contributed by atoms with Crippen LogP contribution in [0.4, 0.5) is 5.69 Å². The highest BCUT2D eigenvalue weighted by Crippen LogP contribution is 2.24. The van der Waals surface area contributed by atoms with Crippen molar-refractivity contribution in [2.75, 3.05) is 25.3 Å². The van der Waals surface area contributed by atoms with Crippen LogP contribution in [-0.4, -0.2) is 37.9 Å². The first kappa shape index (κ1) is 15.0. The fraction of sp³-hybridized carbons (Fsp3) is 0.400. The maximum absolute atomic E-state index is 11.9. The maximum Gasteiger partial charge on any atom is 0.355 e. The number of ether oxygens (including phenoxy) is 2. The highest BCUT2D eigenvalue weighted by Gasteiger charge is 2.38. The van der Waals surface area contributed by atoms with Gasteiger partial charge in [0.25, 0.3) is 0 Å². The van der Waals surface area contributed by atoms with Crippen LogP contribution in [0.15, 0.2) is 29.4 Å². The lowest BCUT2D eigenvalue weighted by Gasteiger charge is -2.15. The van der Waals surface area contributed by atoms with Crippen molar-refractivity contribution in [1.29, 1.82) is 0 Å². The van der Waals surface area contributed by atoms with Gasteiger partial charge in [-0.05, 0) is 26.0 Å². The number of carbonyl (C=O) groups excluding carboxylic acids is 2. The van der Waals surface area contributed by atoms with Crippen LogP contribution in [0.2, 0.25) is 0 Å². The third-order valence-corrected chi connectivity index (χ3v) is 3.22. The van der Waals surface area contributed by atoms with Gasteiger partial charge in [0.05, 0.1) is 25.9 Å². The van der Waals surface area contributed by atoms with Gasteiger partial charge in [0, 0.05) is 0 Å². The number of hydrogen-bond donors (Lipinski definition) is 0. The van der Waals surface area contributed by atoms with Crippen molar-refractivity contribution in [3.8, 4) is 0 Å². The highest BCUT2D eigenvalue weighted by molar-refractivity contribution is 6.41. The molecule has 21 heavy (non-hydrogen) atoms. The Balaban J connectivity index is 2.27. The van der Waals surface area contributed by atoms with E-state index >= 15 is 0 Å². The second kappa shape index (κ2) is 6.39. The summed E-state index contributed by atoms with van der Waals surface area (Å²) in [6.07, 6.45) is 0. The van der Waals surface area contributed by atoms with Crippen LogP contribution in [0.3, 0.4) is 0 Å². The molecule has 1 atom stereocenters. The molecule has 1 heterocycles. The molecule has 0 radical (unpaired) electrons. The van der Waals surface area contributed by atoms with Crippen molar-refractivity contribution >= 4 is 23.3 Å². The van der Waals surface area contributed by atoms with E-state index in [1.165, 1.54) is 7.11 Å². The molecule has 6 heteroatoms. The summed E-state index contributed by atoms with van der Waals surface area (Å²) in [4.78, 5) is 23.7. The van der Waals surface area contributed by atoms with Gasteiger partial charge in [-0.25, -0.2) is 4.79 Å². The monoisotopic (exact) mass is 290 g/mol. The molecule has 0 spiro atoms. The number of methoxy groups -OCH3 is 1. The zero-order valence-electron chi connectivity index (χ0n) is 12.3. The molecule has 0 bridgehead atoms. The smallest absolute Gasteiger partial charge is 0.355 e. The maximum atomic E-state index is 11.9. The second-order valence-corrected chi connectivity index (χ2v) is 4.70. The molecule has 0 unspecified atom stereocenters. The Morgan fingerprint density at radius 1 is 1.33 bits per heavy atom. The number of hydrogen-bond acceptors (Lipinski definition) is 6. The predicted molar refractivity (Wildman–Crippen MR) is 78.1 cm³/mol. The number of anilines is 1. The van der Waals surface area contributed by atoms with Crippen LogP contribution < -0.4 is 5.01 Å². The van der Waals surface area contributed by atoms with Gasteiger partial charge in [-0.2, -0.15) is 5.10 Å². The van der Waals surface area contributed by atoms with E-state index in [0.29, 0.717) is 0 Å². The predicted octanol–water partition coefficient (Wildman–Crippen LogP) is 1.52. The summed E-state index contributed by atoms with van der Waals surface area (Å²) in [5.74, 6) is -1.80. The van der Waals surface area contributed by atoms with Gasteiger partial charge in [0.2, 0.25) is 0 Å². The highest BCUT2D eigenvalue weighted by atomic mass is 16.5. The number of aryl methyl sites for hydroxylation is 1. The zero-order chi connectivity index (χ0) is 15.4. The van der Waals surface area contributed by atoms with Gasteiger partial charge in [-0.3, -0.25) is 9.80 Å². The second-order valence-electron chi connectivity index (χ2n) is 4.70. The summed E-state index contributed by atoms with van der Waals surface area (Å²) in [5, 5.41) is 5.85. The number of hydrazone groups is 1.